The van der Waals surface area contributed by atoms with E-state index in [4.69, 9.17) is 0 Å². The van der Waals surface area contributed by atoms with E-state index in [1.54, 1.807) is 7.05 Å². The van der Waals surface area contributed by atoms with Crippen molar-refractivity contribution in [1.82, 2.24) is 14.5 Å². The molecule has 3 rings (SSSR count). The van der Waals surface area contributed by atoms with Crippen molar-refractivity contribution in [3.05, 3.63) is 26.9 Å². The molecule has 0 radical (unpaired) electrons. The van der Waals surface area contributed by atoms with Gasteiger partial charge < -0.3 is 10.2 Å². The number of piperidine rings is 1. The summed E-state index contributed by atoms with van der Waals surface area (Å²) in [6.45, 7) is 1.31. The summed E-state index contributed by atoms with van der Waals surface area (Å²) in [6.07, 6.45) is 6.27. The monoisotopic (exact) mass is 334 g/mol. The summed E-state index contributed by atoms with van der Waals surface area (Å²) in [4.78, 5) is 38.6. The van der Waals surface area contributed by atoms with Crippen LogP contribution in [0.15, 0.2) is 15.7 Å². The Morgan fingerprint density at radius 1 is 1.08 bits per heavy atom. The Balaban J connectivity index is 1.75. The van der Waals surface area contributed by atoms with E-state index in [0.29, 0.717) is 18.4 Å². The van der Waals surface area contributed by atoms with E-state index in [2.05, 4.69) is 5.32 Å². The summed E-state index contributed by atoms with van der Waals surface area (Å²) in [5.74, 6) is 0.625. The van der Waals surface area contributed by atoms with Gasteiger partial charge in [0.2, 0.25) is 5.91 Å². The van der Waals surface area contributed by atoms with Crippen molar-refractivity contribution < 1.29 is 4.79 Å². The first-order valence-corrected chi connectivity index (χ1v) is 8.79. The topological polar surface area (TPSA) is 76.3 Å². The van der Waals surface area contributed by atoms with E-state index in [1.807, 2.05) is 4.90 Å². The summed E-state index contributed by atoms with van der Waals surface area (Å²) >= 11 is 0. The maximum Gasteiger partial charge on any atom is 0.332 e. The minimum atomic E-state index is -0.338. The third-order valence-electron chi connectivity index (χ3n) is 5.32. The number of nitrogens with zero attached hydrogens (tertiary/aromatic N) is 3. The van der Waals surface area contributed by atoms with Gasteiger partial charge in [-0.05, 0) is 25.7 Å². The predicted octanol–water partition coefficient (Wildman–Crippen LogP) is 0.359. The molecule has 2 heterocycles. The van der Waals surface area contributed by atoms with E-state index in [1.165, 1.54) is 30.5 Å². The number of carbonyl (C=O) groups is 1. The van der Waals surface area contributed by atoms with Gasteiger partial charge in [0.25, 0.3) is 5.56 Å². The van der Waals surface area contributed by atoms with Crippen molar-refractivity contribution in [1.29, 1.82) is 0 Å². The molecule has 0 aromatic carbocycles. The van der Waals surface area contributed by atoms with Crippen LogP contribution in [0.1, 0.15) is 38.5 Å². The van der Waals surface area contributed by atoms with Crippen LogP contribution in [-0.2, 0) is 18.9 Å². The second-order valence-electron chi connectivity index (χ2n) is 7.02. The predicted molar refractivity (Wildman–Crippen MR) is 92.3 cm³/mol. The fourth-order valence-corrected chi connectivity index (χ4v) is 3.81. The van der Waals surface area contributed by atoms with Crippen molar-refractivity contribution in [2.75, 3.05) is 18.0 Å². The first-order chi connectivity index (χ1) is 11.5. The number of hydrogen-bond donors (Lipinski definition) is 1. The van der Waals surface area contributed by atoms with E-state index in [-0.39, 0.29) is 23.1 Å². The van der Waals surface area contributed by atoms with E-state index in [0.717, 1.165) is 36.8 Å². The molecular formula is C17H26N4O3. The molecule has 0 bridgehead atoms. The molecule has 0 unspecified atom stereocenters. The van der Waals surface area contributed by atoms with Gasteiger partial charge in [0, 0.05) is 39.3 Å². The van der Waals surface area contributed by atoms with Gasteiger partial charge >= 0.3 is 5.69 Å². The highest BCUT2D eigenvalue weighted by molar-refractivity contribution is 5.79. The van der Waals surface area contributed by atoms with Gasteiger partial charge in [-0.2, -0.15) is 0 Å². The summed E-state index contributed by atoms with van der Waals surface area (Å²) in [5, 5.41) is 3.17. The van der Waals surface area contributed by atoms with E-state index < -0.39 is 0 Å². The average molecular weight is 334 g/mol. The molecule has 1 N–H and O–H groups in total. The smallest absolute Gasteiger partial charge is 0.332 e. The van der Waals surface area contributed by atoms with E-state index >= 15 is 0 Å². The molecule has 2 aliphatic rings. The molecule has 1 amide bonds. The molecule has 1 aromatic rings. The Morgan fingerprint density at radius 2 is 1.79 bits per heavy atom. The molecule has 7 heteroatoms. The number of rotatable bonds is 3. The number of aromatic nitrogens is 2. The zero-order valence-electron chi connectivity index (χ0n) is 14.5. The van der Waals surface area contributed by atoms with Crippen molar-refractivity contribution in [3.8, 4) is 0 Å². The van der Waals surface area contributed by atoms with Gasteiger partial charge in [-0.15, -0.1) is 0 Å². The molecule has 1 saturated carbocycles. The largest absolute Gasteiger partial charge is 0.357 e. The highest BCUT2D eigenvalue weighted by Crippen LogP contribution is 2.23. The standard InChI is InChI=1S/C17H26N4O3/c1-19-14(10-15(22)20(2)17(19)24)21-9-5-6-12(11-21)16(23)18-13-7-3-4-8-13/h10,12-13H,3-9,11H2,1-2H3,(H,18,23)/t12-/m0/s1. The third kappa shape index (κ3) is 3.25. The first-order valence-electron chi connectivity index (χ1n) is 8.79. The van der Waals surface area contributed by atoms with E-state index in [9.17, 15) is 14.4 Å². The molecule has 2 fully saturated rings. The Kier molecular flexibility index (Phi) is 4.78. The summed E-state index contributed by atoms with van der Waals surface area (Å²) in [5.41, 5.74) is -0.652. The molecule has 7 nitrogen and oxygen atoms in total. The minimum absolute atomic E-state index is 0.0847. The number of carbonyl (C=O) groups excluding carboxylic acids is 1. The fraction of sp³-hybridized carbons (Fsp3) is 0.706. The molecule has 1 saturated heterocycles. The van der Waals surface area contributed by atoms with Crippen LogP contribution in [0.3, 0.4) is 0 Å². The molecule has 24 heavy (non-hydrogen) atoms. The van der Waals surface area contributed by atoms with Gasteiger partial charge in [-0.1, -0.05) is 12.8 Å². The van der Waals surface area contributed by atoms with Crippen LogP contribution in [0.25, 0.3) is 0 Å². The van der Waals surface area contributed by atoms with Gasteiger partial charge in [-0.3, -0.25) is 18.7 Å². The SMILES string of the molecule is Cn1c(N2CCC[C@H](C(=O)NC3CCCC3)C2)cc(=O)n(C)c1=O. The molecule has 1 aliphatic carbocycles. The normalized spacial score (nSPS) is 21.9. The summed E-state index contributed by atoms with van der Waals surface area (Å²) < 4.78 is 2.58. The maximum atomic E-state index is 12.5. The lowest BCUT2D eigenvalue weighted by atomic mass is 9.96. The molecule has 1 aliphatic heterocycles. The molecule has 132 valence electrons. The van der Waals surface area contributed by atoms with Gasteiger partial charge in [0.15, 0.2) is 0 Å². The number of amides is 1. The zero-order valence-corrected chi connectivity index (χ0v) is 14.5. The first kappa shape index (κ1) is 16.8. The lowest BCUT2D eigenvalue weighted by molar-refractivity contribution is -0.125. The Bertz CT molecular complexity index is 730. The molecule has 0 spiro atoms. The Morgan fingerprint density at radius 3 is 2.50 bits per heavy atom. The lowest BCUT2D eigenvalue weighted by Gasteiger charge is -2.34. The third-order valence-corrected chi connectivity index (χ3v) is 5.32. The second-order valence-corrected chi connectivity index (χ2v) is 7.02. The number of anilines is 1. The van der Waals surface area contributed by atoms with Crippen molar-refractivity contribution in [3.63, 3.8) is 0 Å². The Hall–Kier alpha value is -2.05. The fourth-order valence-electron chi connectivity index (χ4n) is 3.81. The van der Waals surface area contributed by atoms with Gasteiger partial charge in [-0.25, -0.2) is 4.79 Å². The second kappa shape index (κ2) is 6.83. The minimum Gasteiger partial charge on any atom is -0.357 e. The highest BCUT2D eigenvalue weighted by atomic mass is 16.2. The number of nitrogens with one attached hydrogen (secondary N) is 1. The Labute approximate surface area is 141 Å². The van der Waals surface area contributed by atoms with Crippen LogP contribution in [0, 0.1) is 5.92 Å². The molecular weight excluding hydrogens is 308 g/mol. The van der Waals surface area contributed by atoms with Crippen LogP contribution >= 0.6 is 0 Å². The molecule has 1 aromatic heterocycles. The van der Waals surface area contributed by atoms with Crippen LogP contribution < -0.4 is 21.5 Å². The molecule has 1 atom stereocenters. The lowest BCUT2D eigenvalue weighted by Crippen LogP contribution is -2.48. The summed E-state index contributed by atoms with van der Waals surface area (Å²) in [6, 6.07) is 1.81. The zero-order chi connectivity index (χ0) is 17.3. The summed E-state index contributed by atoms with van der Waals surface area (Å²) in [7, 11) is 3.14. The van der Waals surface area contributed by atoms with Crippen LogP contribution in [-0.4, -0.2) is 34.2 Å². The van der Waals surface area contributed by atoms with Crippen molar-refractivity contribution in [2.45, 2.75) is 44.6 Å². The van der Waals surface area contributed by atoms with Crippen LogP contribution in [0.4, 0.5) is 5.82 Å². The maximum absolute atomic E-state index is 12.5. The number of hydrogen-bond acceptors (Lipinski definition) is 4. The highest BCUT2D eigenvalue weighted by Gasteiger charge is 2.29. The van der Waals surface area contributed by atoms with Crippen molar-refractivity contribution in [2.24, 2.45) is 20.0 Å². The van der Waals surface area contributed by atoms with Crippen LogP contribution in [0.2, 0.25) is 0 Å². The van der Waals surface area contributed by atoms with Crippen LogP contribution in [0.5, 0.6) is 0 Å². The quantitative estimate of drug-likeness (QED) is 0.866. The average Bonchev–Trinajstić information content (AvgIpc) is 3.09. The van der Waals surface area contributed by atoms with Crippen molar-refractivity contribution >= 4 is 11.7 Å². The van der Waals surface area contributed by atoms with Gasteiger partial charge in [0.05, 0.1) is 5.92 Å². The van der Waals surface area contributed by atoms with Gasteiger partial charge in [0.1, 0.15) is 5.82 Å².